The molecule has 0 spiro atoms. The van der Waals surface area contributed by atoms with Crippen LogP contribution in [0, 0.1) is 5.92 Å². The molecule has 1 aliphatic heterocycles. The van der Waals surface area contributed by atoms with E-state index in [2.05, 4.69) is 15.2 Å². The molecule has 2 amide bonds. The Morgan fingerprint density at radius 1 is 1.42 bits per heavy atom. The third-order valence-corrected chi connectivity index (χ3v) is 4.43. The van der Waals surface area contributed by atoms with Crippen molar-refractivity contribution < 1.29 is 14.3 Å². The molecule has 7 nitrogen and oxygen atoms in total. The Morgan fingerprint density at radius 2 is 2.17 bits per heavy atom. The summed E-state index contributed by atoms with van der Waals surface area (Å²) in [5.74, 6) is 0.0852. The zero-order chi connectivity index (χ0) is 17.4. The van der Waals surface area contributed by atoms with Crippen LogP contribution in [0.1, 0.15) is 20.3 Å². The SMILES string of the molecule is CC(C)CC(=O)N(CCN1CCOCC1)CC(=O)Nc1nccs1. The first kappa shape index (κ1) is 18.8. The van der Waals surface area contributed by atoms with Gasteiger partial charge in [0, 0.05) is 44.2 Å². The maximum atomic E-state index is 12.5. The number of morpholine rings is 1. The monoisotopic (exact) mass is 354 g/mol. The summed E-state index contributed by atoms with van der Waals surface area (Å²) in [6, 6.07) is 0. The van der Waals surface area contributed by atoms with E-state index in [1.807, 2.05) is 13.8 Å². The molecule has 1 aromatic rings. The van der Waals surface area contributed by atoms with Gasteiger partial charge in [-0.1, -0.05) is 13.8 Å². The minimum atomic E-state index is -0.205. The van der Waals surface area contributed by atoms with Crippen molar-refractivity contribution in [2.45, 2.75) is 20.3 Å². The number of thiazole rings is 1. The van der Waals surface area contributed by atoms with Crippen LogP contribution in [0.4, 0.5) is 5.13 Å². The van der Waals surface area contributed by atoms with Gasteiger partial charge in [0.15, 0.2) is 5.13 Å². The first-order chi connectivity index (χ1) is 11.5. The predicted octanol–water partition coefficient (Wildman–Crippen LogP) is 1.29. The van der Waals surface area contributed by atoms with Crippen LogP contribution in [0.25, 0.3) is 0 Å². The van der Waals surface area contributed by atoms with Crippen molar-refractivity contribution in [3.05, 3.63) is 11.6 Å². The maximum absolute atomic E-state index is 12.5. The van der Waals surface area contributed by atoms with Gasteiger partial charge in [-0.05, 0) is 5.92 Å². The molecule has 2 rings (SSSR count). The van der Waals surface area contributed by atoms with Crippen molar-refractivity contribution in [3.8, 4) is 0 Å². The van der Waals surface area contributed by atoms with E-state index in [1.54, 1.807) is 16.5 Å². The summed E-state index contributed by atoms with van der Waals surface area (Å²) >= 11 is 1.36. The molecule has 134 valence electrons. The number of amides is 2. The Bertz CT molecular complexity index is 515. The van der Waals surface area contributed by atoms with Gasteiger partial charge in [0.1, 0.15) is 0 Å². The highest BCUT2D eigenvalue weighted by atomic mass is 32.1. The number of ether oxygens (including phenoxy) is 1. The summed E-state index contributed by atoms with van der Waals surface area (Å²) in [5.41, 5.74) is 0. The Kier molecular flexibility index (Phi) is 7.61. The van der Waals surface area contributed by atoms with Crippen LogP contribution in [-0.2, 0) is 14.3 Å². The summed E-state index contributed by atoms with van der Waals surface area (Å²) < 4.78 is 5.34. The molecule has 1 fully saturated rings. The fraction of sp³-hybridized carbons (Fsp3) is 0.688. The number of carbonyl (C=O) groups is 2. The van der Waals surface area contributed by atoms with Crippen LogP contribution in [-0.4, -0.2) is 72.5 Å². The van der Waals surface area contributed by atoms with Crippen LogP contribution in [0.5, 0.6) is 0 Å². The number of hydrogen-bond donors (Lipinski definition) is 1. The third kappa shape index (κ3) is 6.54. The van der Waals surface area contributed by atoms with E-state index in [0.29, 0.717) is 18.1 Å². The van der Waals surface area contributed by atoms with Crippen molar-refractivity contribution in [2.75, 3.05) is 51.3 Å². The minimum Gasteiger partial charge on any atom is -0.379 e. The second-order valence-electron chi connectivity index (χ2n) is 6.25. The van der Waals surface area contributed by atoms with Gasteiger partial charge >= 0.3 is 0 Å². The highest BCUT2D eigenvalue weighted by molar-refractivity contribution is 7.13. The molecule has 1 aromatic heterocycles. The molecular weight excluding hydrogens is 328 g/mol. The number of anilines is 1. The van der Waals surface area contributed by atoms with Crippen molar-refractivity contribution in [1.82, 2.24) is 14.8 Å². The van der Waals surface area contributed by atoms with Crippen molar-refractivity contribution in [1.29, 1.82) is 0 Å². The van der Waals surface area contributed by atoms with Crippen LogP contribution >= 0.6 is 11.3 Å². The average molecular weight is 354 g/mol. The van der Waals surface area contributed by atoms with Gasteiger partial charge in [-0.15, -0.1) is 11.3 Å². The molecule has 0 unspecified atom stereocenters. The summed E-state index contributed by atoms with van der Waals surface area (Å²) in [6.45, 7) is 8.59. The summed E-state index contributed by atoms with van der Waals surface area (Å²) in [6.07, 6.45) is 2.09. The van der Waals surface area contributed by atoms with Crippen LogP contribution in [0.15, 0.2) is 11.6 Å². The van der Waals surface area contributed by atoms with Crippen molar-refractivity contribution >= 4 is 28.3 Å². The van der Waals surface area contributed by atoms with Gasteiger partial charge in [0.05, 0.1) is 19.8 Å². The molecule has 0 aromatic carbocycles. The van der Waals surface area contributed by atoms with Crippen molar-refractivity contribution in [2.24, 2.45) is 5.92 Å². The Hall–Kier alpha value is -1.51. The fourth-order valence-corrected chi connectivity index (χ4v) is 3.02. The summed E-state index contributed by atoms with van der Waals surface area (Å²) in [7, 11) is 0. The molecule has 24 heavy (non-hydrogen) atoms. The number of aromatic nitrogens is 1. The van der Waals surface area contributed by atoms with Crippen molar-refractivity contribution in [3.63, 3.8) is 0 Å². The second-order valence-corrected chi connectivity index (χ2v) is 7.15. The average Bonchev–Trinajstić information content (AvgIpc) is 3.04. The van der Waals surface area contributed by atoms with E-state index >= 15 is 0 Å². The van der Waals surface area contributed by atoms with Gasteiger partial charge in [0.25, 0.3) is 0 Å². The van der Waals surface area contributed by atoms with E-state index in [4.69, 9.17) is 4.74 Å². The van der Waals surface area contributed by atoms with Crippen LogP contribution < -0.4 is 5.32 Å². The molecule has 8 heteroatoms. The largest absolute Gasteiger partial charge is 0.379 e. The lowest BCUT2D eigenvalue weighted by molar-refractivity contribution is -0.135. The van der Waals surface area contributed by atoms with Crippen LogP contribution in [0.3, 0.4) is 0 Å². The molecule has 0 bridgehead atoms. The Morgan fingerprint density at radius 3 is 2.79 bits per heavy atom. The molecule has 0 radical (unpaired) electrons. The lowest BCUT2D eigenvalue weighted by atomic mass is 10.1. The van der Waals surface area contributed by atoms with E-state index < -0.39 is 0 Å². The zero-order valence-electron chi connectivity index (χ0n) is 14.4. The maximum Gasteiger partial charge on any atom is 0.245 e. The van der Waals surface area contributed by atoms with E-state index in [0.717, 1.165) is 32.8 Å². The summed E-state index contributed by atoms with van der Waals surface area (Å²) in [5, 5.41) is 5.10. The second kappa shape index (κ2) is 9.71. The Labute approximate surface area is 147 Å². The number of nitrogens with one attached hydrogen (secondary N) is 1. The van der Waals surface area contributed by atoms with Gasteiger partial charge in [-0.2, -0.15) is 0 Å². The number of nitrogens with zero attached hydrogens (tertiary/aromatic N) is 3. The van der Waals surface area contributed by atoms with E-state index in [1.165, 1.54) is 11.3 Å². The van der Waals surface area contributed by atoms with Gasteiger partial charge in [-0.3, -0.25) is 14.5 Å². The number of rotatable bonds is 8. The molecule has 0 saturated carbocycles. The lowest BCUT2D eigenvalue weighted by Crippen LogP contribution is -2.45. The normalized spacial score (nSPS) is 15.5. The first-order valence-corrected chi connectivity index (χ1v) is 9.20. The van der Waals surface area contributed by atoms with E-state index in [9.17, 15) is 9.59 Å². The highest BCUT2D eigenvalue weighted by Gasteiger charge is 2.20. The standard InChI is InChI=1S/C16H26N4O3S/c1-13(2)11-15(22)20(5-4-19-6-8-23-9-7-19)12-14(21)18-16-17-3-10-24-16/h3,10,13H,4-9,11-12H2,1-2H3,(H,17,18,21). The van der Waals surface area contributed by atoms with E-state index in [-0.39, 0.29) is 24.3 Å². The molecule has 1 aliphatic rings. The smallest absolute Gasteiger partial charge is 0.245 e. The minimum absolute atomic E-state index is 0.0209. The first-order valence-electron chi connectivity index (χ1n) is 8.32. The van der Waals surface area contributed by atoms with Gasteiger partial charge < -0.3 is 15.0 Å². The molecule has 2 heterocycles. The quantitative estimate of drug-likeness (QED) is 0.761. The third-order valence-electron chi connectivity index (χ3n) is 3.74. The molecule has 0 atom stereocenters. The highest BCUT2D eigenvalue weighted by Crippen LogP contribution is 2.11. The number of hydrogen-bond acceptors (Lipinski definition) is 6. The van der Waals surface area contributed by atoms with Gasteiger partial charge in [-0.25, -0.2) is 4.98 Å². The topological polar surface area (TPSA) is 74.8 Å². The molecular formula is C16H26N4O3S. The Balaban J connectivity index is 1.88. The fourth-order valence-electron chi connectivity index (χ4n) is 2.47. The lowest BCUT2D eigenvalue weighted by Gasteiger charge is -2.30. The molecule has 1 N–H and O–H groups in total. The number of carbonyl (C=O) groups excluding carboxylic acids is 2. The van der Waals surface area contributed by atoms with Crippen LogP contribution in [0.2, 0.25) is 0 Å². The summed E-state index contributed by atoms with van der Waals surface area (Å²) in [4.78, 5) is 32.6. The molecule has 1 saturated heterocycles. The molecule has 0 aliphatic carbocycles. The predicted molar refractivity (Wildman–Crippen MR) is 94.0 cm³/mol. The van der Waals surface area contributed by atoms with Gasteiger partial charge in [0.2, 0.25) is 11.8 Å². The zero-order valence-corrected chi connectivity index (χ0v) is 15.2.